The minimum Gasteiger partial charge on any atom is -0.465 e. The van der Waals surface area contributed by atoms with E-state index in [-0.39, 0.29) is 12.6 Å². The molecule has 1 N–H and O–H groups in total. The number of esters is 1. The summed E-state index contributed by atoms with van der Waals surface area (Å²) in [4.78, 5) is 13.5. The lowest BCUT2D eigenvalue weighted by atomic mass is 10.1. The number of benzene rings is 1. The molecule has 0 fully saturated rings. The molecule has 98 valence electrons. The Hall–Kier alpha value is -1.65. The van der Waals surface area contributed by atoms with Crippen molar-refractivity contribution in [1.29, 1.82) is 0 Å². The lowest BCUT2D eigenvalue weighted by Gasteiger charge is -2.19. The van der Waals surface area contributed by atoms with E-state index in [1.807, 2.05) is 17.0 Å². The maximum absolute atomic E-state index is 11.4. The molecule has 1 aromatic rings. The first-order valence-corrected chi connectivity index (χ1v) is 5.82. The standard InChI is InChI=1S/C14H19NO3/c1-3-7-15(8-9-16)11-12-5-4-6-13(10-12)14(17)18-2/h3-6,10,16H,1,7-9,11H2,2H3. The van der Waals surface area contributed by atoms with E-state index in [1.165, 1.54) is 7.11 Å². The van der Waals surface area contributed by atoms with Gasteiger partial charge in [0.25, 0.3) is 0 Å². The molecule has 4 nitrogen and oxygen atoms in total. The van der Waals surface area contributed by atoms with Gasteiger partial charge in [0.2, 0.25) is 0 Å². The van der Waals surface area contributed by atoms with Gasteiger partial charge in [0.05, 0.1) is 19.3 Å². The van der Waals surface area contributed by atoms with Crippen LogP contribution in [0.3, 0.4) is 0 Å². The topological polar surface area (TPSA) is 49.8 Å². The van der Waals surface area contributed by atoms with Crippen LogP contribution in [0.15, 0.2) is 36.9 Å². The van der Waals surface area contributed by atoms with Gasteiger partial charge in [0, 0.05) is 19.6 Å². The molecule has 0 saturated carbocycles. The van der Waals surface area contributed by atoms with Crippen molar-refractivity contribution in [3.8, 4) is 0 Å². The quantitative estimate of drug-likeness (QED) is 0.587. The number of hydrogen-bond acceptors (Lipinski definition) is 4. The zero-order valence-corrected chi connectivity index (χ0v) is 10.6. The van der Waals surface area contributed by atoms with E-state index >= 15 is 0 Å². The number of rotatable bonds is 7. The maximum Gasteiger partial charge on any atom is 0.337 e. The van der Waals surface area contributed by atoms with Gasteiger partial charge in [-0.3, -0.25) is 4.90 Å². The van der Waals surface area contributed by atoms with Crippen LogP contribution in [0.4, 0.5) is 0 Å². The zero-order chi connectivity index (χ0) is 13.4. The molecule has 0 unspecified atom stereocenters. The lowest BCUT2D eigenvalue weighted by Crippen LogP contribution is -2.26. The Labute approximate surface area is 107 Å². The fourth-order valence-corrected chi connectivity index (χ4v) is 1.73. The van der Waals surface area contributed by atoms with Gasteiger partial charge in [-0.1, -0.05) is 18.2 Å². The summed E-state index contributed by atoms with van der Waals surface area (Å²) < 4.78 is 4.68. The minimum atomic E-state index is -0.339. The van der Waals surface area contributed by atoms with Crippen LogP contribution < -0.4 is 0 Å². The van der Waals surface area contributed by atoms with Gasteiger partial charge in [-0.15, -0.1) is 6.58 Å². The molecule has 0 aliphatic carbocycles. The molecule has 0 aromatic heterocycles. The van der Waals surface area contributed by atoms with Crippen LogP contribution in [0.25, 0.3) is 0 Å². The molecule has 4 heteroatoms. The Balaban J connectivity index is 2.76. The number of carbonyl (C=O) groups excluding carboxylic acids is 1. The third-order valence-electron chi connectivity index (χ3n) is 2.56. The fourth-order valence-electron chi connectivity index (χ4n) is 1.73. The fraction of sp³-hybridized carbons (Fsp3) is 0.357. The molecule has 0 heterocycles. The number of aliphatic hydroxyl groups is 1. The van der Waals surface area contributed by atoms with E-state index in [1.54, 1.807) is 18.2 Å². The van der Waals surface area contributed by atoms with E-state index in [4.69, 9.17) is 5.11 Å². The van der Waals surface area contributed by atoms with E-state index in [2.05, 4.69) is 11.3 Å². The van der Waals surface area contributed by atoms with Crippen LogP contribution in [0, 0.1) is 0 Å². The van der Waals surface area contributed by atoms with Gasteiger partial charge < -0.3 is 9.84 Å². The molecule has 0 amide bonds. The monoisotopic (exact) mass is 249 g/mol. The van der Waals surface area contributed by atoms with Crippen molar-refractivity contribution in [1.82, 2.24) is 4.90 Å². The number of methoxy groups -OCH3 is 1. The third-order valence-corrected chi connectivity index (χ3v) is 2.56. The predicted molar refractivity (Wildman–Crippen MR) is 70.3 cm³/mol. The second-order valence-electron chi connectivity index (χ2n) is 3.94. The Morgan fingerprint density at radius 2 is 2.33 bits per heavy atom. The number of aliphatic hydroxyl groups excluding tert-OH is 1. The van der Waals surface area contributed by atoms with Crippen molar-refractivity contribution in [3.05, 3.63) is 48.0 Å². The van der Waals surface area contributed by atoms with Crippen molar-refractivity contribution in [2.75, 3.05) is 26.8 Å². The summed E-state index contributed by atoms with van der Waals surface area (Å²) in [5.74, 6) is -0.339. The van der Waals surface area contributed by atoms with Gasteiger partial charge >= 0.3 is 5.97 Å². The summed E-state index contributed by atoms with van der Waals surface area (Å²) in [6.07, 6.45) is 1.79. The van der Waals surface area contributed by atoms with E-state index < -0.39 is 0 Å². The van der Waals surface area contributed by atoms with Crippen LogP contribution in [0.1, 0.15) is 15.9 Å². The van der Waals surface area contributed by atoms with Gasteiger partial charge in [-0.05, 0) is 17.7 Å². The Morgan fingerprint density at radius 3 is 2.94 bits per heavy atom. The molecule has 0 atom stereocenters. The summed E-state index contributed by atoms with van der Waals surface area (Å²) >= 11 is 0. The van der Waals surface area contributed by atoms with E-state index in [0.717, 1.165) is 5.56 Å². The molecule has 0 aliphatic heterocycles. The normalized spacial score (nSPS) is 10.4. The van der Waals surface area contributed by atoms with Crippen molar-refractivity contribution in [2.24, 2.45) is 0 Å². The number of ether oxygens (including phenoxy) is 1. The average molecular weight is 249 g/mol. The molecular formula is C14H19NO3. The summed E-state index contributed by atoms with van der Waals surface area (Å²) in [6, 6.07) is 7.30. The van der Waals surface area contributed by atoms with E-state index in [9.17, 15) is 4.79 Å². The van der Waals surface area contributed by atoms with Gasteiger partial charge in [-0.2, -0.15) is 0 Å². The molecule has 0 bridgehead atoms. The van der Waals surface area contributed by atoms with Gasteiger partial charge in [0.15, 0.2) is 0 Å². The number of hydrogen-bond donors (Lipinski definition) is 1. The zero-order valence-electron chi connectivity index (χ0n) is 10.6. The third kappa shape index (κ3) is 4.31. The lowest BCUT2D eigenvalue weighted by molar-refractivity contribution is 0.0600. The highest BCUT2D eigenvalue weighted by molar-refractivity contribution is 5.89. The highest BCUT2D eigenvalue weighted by atomic mass is 16.5. The summed E-state index contributed by atoms with van der Waals surface area (Å²) in [5.41, 5.74) is 1.55. The summed E-state index contributed by atoms with van der Waals surface area (Å²) in [6.45, 7) is 5.73. The molecule has 1 aromatic carbocycles. The molecule has 0 radical (unpaired) electrons. The Bertz CT molecular complexity index is 404. The molecule has 0 spiro atoms. The van der Waals surface area contributed by atoms with Crippen molar-refractivity contribution < 1.29 is 14.6 Å². The SMILES string of the molecule is C=CCN(CCO)Cc1cccc(C(=O)OC)c1. The first-order chi connectivity index (χ1) is 8.71. The van der Waals surface area contributed by atoms with Crippen molar-refractivity contribution in [3.63, 3.8) is 0 Å². The van der Waals surface area contributed by atoms with Gasteiger partial charge in [-0.25, -0.2) is 4.79 Å². The molecule has 18 heavy (non-hydrogen) atoms. The first-order valence-electron chi connectivity index (χ1n) is 5.82. The van der Waals surface area contributed by atoms with Crippen LogP contribution in [0.5, 0.6) is 0 Å². The second-order valence-corrected chi connectivity index (χ2v) is 3.94. The van der Waals surface area contributed by atoms with Crippen molar-refractivity contribution >= 4 is 5.97 Å². The first kappa shape index (κ1) is 14.4. The highest BCUT2D eigenvalue weighted by Crippen LogP contribution is 2.09. The van der Waals surface area contributed by atoms with Crippen LogP contribution >= 0.6 is 0 Å². The summed E-state index contributed by atoms with van der Waals surface area (Å²) in [7, 11) is 1.37. The maximum atomic E-state index is 11.4. The van der Waals surface area contributed by atoms with Crippen molar-refractivity contribution in [2.45, 2.75) is 6.54 Å². The van der Waals surface area contributed by atoms with Crippen LogP contribution in [-0.4, -0.2) is 42.8 Å². The van der Waals surface area contributed by atoms with Crippen LogP contribution in [0.2, 0.25) is 0 Å². The Morgan fingerprint density at radius 1 is 1.56 bits per heavy atom. The predicted octanol–water partition coefficient (Wildman–Crippen LogP) is 1.45. The number of carbonyl (C=O) groups is 1. The highest BCUT2D eigenvalue weighted by Gasteiger charge is 2.08. The average Bonchev–Trinajstić information content (AvgIpc) is 2.39. The molecular weight excluding hydrogens is 230 g/mol. The van der Waals surface area contributed by atoms with Gasteiger partial charge in [0.1, 0.15) is 0 Å². The number of nitrogens with zero attached hydrogens (tertiary/aromatic N) is 1. The smallest absolute Gasteiger partial charge is 0.337 e. The summed E-state index contributed by atoms with van der Waals surface area (Å²) in [5, 5.41) is 8.97. The molecule has 0 saturated heterocycles. The molecule has 0 aliphatic rings. The van der Waals surface area contributed by atoms with Crippen LogP contribution in [-0.2, 0) is 11.3 Å². The largest absolute Gasteiger partial charge is 0.465 e. The second kappa shape index (κ2) is 7.63. The molecule has 1 rings (SSSR count). The minimum absolute atomic E-state index is 0.102. The van der Waals surface area contributed by atoms with E-state index in [0.29, 0.717) is 25.2 Å². The Kier molecular flexibility index (Phi) is 6.11.